The second kappa shape index (κ2) is 6.94. The van der Waals surface area contributed by atoms with Crippen molar-refractivity contribution >= 4 is 17.3 Å². The fourth-order valence-corrected chi connectivity index (χ4v) is 2.61. The van der Waals surface area contributed by atoms with Crippen LogP contribution in [0.5, 0.6) is 11.5 Å². The molecule has 130 valence electrons. The number of para-hydroxylation sites is 1. The van der Waals surface area contributed by atoms with E-state index < -0.39 is 28.0 Å². The van der Waals surface area contributed by atoms with Gasteiger partial charge in [0, 0.05) is 11.3 Å². The van der Waals surface area contributed by atoms with Crippen LogP contribution in [0.15, 0.2) is 66.7 Å². The monoisotopic (exact) mass is 350 g/mol. The lowest BCUT2D eigenvalue weighted by Crippen LogP contribution is -2.15. The van der Waals surface area contributed by atoms with E-state index in [2.05, 4.69) is 5.32 Å². The summed E-state index contributed by atoms with van der Waals surface area (Å²) < 4.78 is 0. The van der Waals surface area contributed by atoms with Crippen molar-refractivity contribution in [1.29, 1.82) is 0 Å². The highest BCUT2D eigenvalue weighted by atomic mass is 16.6. The highest BCUT2D eigenvalue weighted by molar-refractivity contribution is 6.12. The number of benzene rings is 3. The van der Waals surface area contributed by atoms with Crippen LogP contribution in [0.2, 0.25) is 0 Å². The van der Waals surface area contributed by atoms with Crippen LogP contribution < -0.4 is 5.32 Å². The molecule has 0 unspecified atom stereocenters. The molecule has 3 rings (SSSR count). The van der Waals surface area contributed by atoms with Crippen molar-refractivity contribution in [3.05, 3.63) is 82.4 Å². The Bertz CT molecular complexity index is 972. The summed E-state index contributed by atoms with van der Waals surface area (Å²) in [5, 5.41) is 33.9. The van der Waals surface area contributed by atoms with Gasteiger partial charge in [0.1, 0.15) is 5.56 Å². The maximum Gasteiger partial charge on any atom is 0.327 e. The normalized spacial score (nSPS) is 10.3. The van der Waals surface area contributed by atoms with Crippen LogP contribution in [0.3, 0.4) is 0 Å². The lowest BCUT2D eigenvalue weighted by Gasteiger charge is -2.13. The standard InChI is InChI=1S/C19H14N2O5/c22-15-11-14(12-7-3-1-4-8-12)16(17(18(15)23)21(25)26)19(24)20-13-9-5-2-6-10-13/h1-11,22-23H,(H,20,24). The highest BCUT2D eigenvalue weighted by Crippen LogP contribution is 2.43. The first-order valence-electron chi connectivity index (χ1n) is 7.64. The van der Waals surface area contributed by atoms with Crippen LogP contribution in [0.4, 0.5) is 11.4 Å². The molecule has 0 fully saturated rings. The van der Waals surface area contributed by atoms with E-state index in [-0.39, 0.29) is 11.1 Å². The lowest BCUT2D eigenvalue weighted by molar-refractivity contribution is -0.386. The molecule has 0 spiro atoms. The van der Waals surface area contributed by atoms with Crippen molar-refractivity contribution in [3.63, 3.8) is 0 Å². The van der Waals surface area contributed by atoms with Gasteiger partial charge >= 0.3 is 5.69 Å². The number of carbonyl (C=O) groups is 1. The molecule has 0 aliphatic heterocycles. The molecule has 0 heterocycles. The van der Waals surface area contributed by atoms with Crippen molar-refractivity contribution < 1.29 is 19.9 Å². The molecule has 3 aromatic rings. The van der Waals surface area contributed by atoms with Gasteiger partial charge in [0.15, 0.2) is 5.75 Å². The van der Waals surface area contributed by atoms with Crippen LogP contribution in [0.25, 0.3) is 11.1 Å². The number of hydrogen-bond acceptors (Lipinski definition) is 5. The van der Waals surface area contributed by atoms with E-state index in [1.165, 1.54) is 0 Å². The maximum atomic E-state index is 12.8. The maximum absolute atomic E-state index is 12.8. The predicted octanol–water partition coefficient (Wildman–Crippen LogP) is 3.93. The number of rotatable bonds is 4. The molecule has 3 aromatic carbocycles. The van der Waals surface area contributed by atoms with E-state index in [0.29, 0.717) is 11.3 Å². The van der Waals surface area contributed by atoms with E-state index in [4.69, 9.17) is 0 Å². The molecule has 7 heteroatoms. The van der Waals surface area contributed by atoms with E-state index in [1.54, 1.807) is 60.7 Å². The van der Waals surface area contributed by atoms with Gasteiger partial charge < -0.3 is 15.5 Å². The van der Waals surface area contributed by atoms with Crippen molar-refractivity contribution in [2.75, 3.05) is 5.32 Å². The van der Waals surface area contributed by atoms with Crippen LogP contribution in [0, 0.1) is 10.1 Å². The molecule has 0 bridgehead atoms. The summed E-state index contributed by atoms with van der Waals surface area (Å²) in [6.07, 6.45) is 0. The first-order chi connectivity index (χ1) is 12.5. The van der Waals surface area contributed by atoms with Gasteiger partial charge in [-0.15, -0.1) is 0 Å². The average molecular weight is 350 g/mol. The van der Waals surface area contributed by atoms with Crippen LogP contribution in [-0.4, -0.2) is 21.0 Å². The zero-order valence-electron chi connectivity index (χ0n) is 13.4. The summed E-state index contributed by atoms with van der Waals surface area (Å²) in [5.41, 5.74) is -0.110. The molecule has 0 aliphatic carbocycles. The Kier molecular flexibility index (Phi) is 4.53. The molecule has 0 atom stereocenters. The summed E-state index contributed by atoms with van der Waals surface area (Å²) in [6, 6.07) is 18.0. The Hall–Kier alpha value is -3.87. The zero-order chi connectivity index (χ0) is 18.7. The quantitative estimate of drug-likeness (QED) is 0.375. The van der Waals surface area contributed by atoms with Crippen molar-refractivity contribution in [2.24, 2.45) is 0 Å². The first kappa shape index (κ1) is 17.0. The molecular weight excluding hydrogens is 336 g/mol. The van der Waals surface area contributed by atoms with Gasteiger partial charge in [-0.1, -0.05) is 48.5 Å². The Morgan fingerprint density at radius 3 is 2.12 bits per heavy atom. The Balaban J connectivity index is 2.22. The van der Waals surface area contributed by atoms with Crippen molar-refractivity contribution in [1.82, 2.24) is 0 Å². The first-order valence-corrected chi connectivity index (χ1v) is 7.64. The predicted molar refractivity (Wildman–Crippen MR) is 96.3 cm³/mol. The molecule has 0 radical (unpaired) electrons. The minimum absolute atomic E-state index is 0.140. The highest BCUT2D eigenvalue weighted by Gasteiger charge is 2.31. The Labute approximate surface area is 148 Å². The number of amides is 1. The van der Waals surface area contributed by atoms with Crippen LogP contribution in [0.1, 0.15) is 10.4 Å². The molecule has 0 saturated heterocycles. The summed E-state index contributed by atoms with van der Waals surface area (Å²) >= 11 is 0. The van der Waals surface area contributed by atoms with Crippen LogP contribution in [-0.2, 0) is 0 Å². The van der Waals surface area contributed by atoms with E-state index in [0.717, 1.165) is 6.07 Å². The summed E-state index contributed by atoms with van der Waals surface area (Å²) in [5.74, 6) is -2.39. The van der Waals surface area contributed by atoms with Gasteiger partial charge in [0.2, 0.25) is 5.75 Å². The Morgan fingerprint density at radius 2 is 1.54 bits per heavy atom. The molecule has 0 saturated carbocycles. The van der Waals surface area contributed by atoms with Gasteiger partial charge in [-0.3, -0.25) is 14.9 Å². The second-order valence-electron chi connectivity index (χ2n) is 5.46. The molecule has 0 aliphatic rings. The molecule has 7 nitrogen and oxygen atoms in total. The smallest absolute Gasteiger partial charge is 0.327 e. The SMILES string of the molecule is O=C(Nc1ccccc1)c1c(-c2ccccc2)cc(O)c(O)c1[N+](=O)[O-]. The van der Waals surface area contributed by atoms with Gasteiger partial charge in [-0.05, 0) is 23.8 Å². The number of phenols is 2. The topological polar surface area (TPSA) is 113 Å². The van der Waals surface area contributed by atoms with Gasteiger partial charge in [0.25, 0.3) is 5.91 Å². The Morgan fingerprint density at radius 1 is 0.962 bits per heavy atom. The fourth-order valence-electron chi connectivity index (χ4n) is 2.61. The number of anilines is 1. The second-order valence-corrected chi connectivity index (χ2v) is 5.46. The molecule has 26 heavy (non-hydrogen) atoms. The van der Waals surface area contributed by atoms with Crippen molar-refractivity contribution in [2.45, 2.75) is 0 Å². The minimum Gasteiger partial charge on any atom is -0.504 e. The number of hydrogen-bond donors (Lipinski definition) is 3. The van der Waals surface area contributed by atoms with Crippen LogP contribution >= 0.6 is 0 Å². The van der Waals surface area contributed by atoms with E-state index in [9.17, 15) is 25.1 Å². The van der Waals surface area contributed by atoms with Gasteiger partial charge in [-0.2, -0.15) is 0 Å². The van der Waals surface area contributed by atoms with Crippen molar-refractivity contribution in [3.8, 4) is 22.6 Å². The summed E-state index contributed by atoms with van der Waals surface area (Å²) in [6.45, 7) is 0. The number of nitro groups is 1. The number of nitrogens with zero attached hydrogens (tertiary/aromatic N) is 1. The third-order valence-corrected chi connectivity index (χ3v) is 3.78. The average Bonchev–Trinajstić information content (AvgIpc) is 2.64. The molecule has 1 amide bonds. The largest absolute Gasteiger partial charge is 0.504 e. The third-order valence-electron chi connectivity index (χ3n) is 3.78. The minimum atomic E-state index is -0.951. The zero-order valence-corrected chi connectivity index (χ0v) is 13.4. The van der Waals surface area contributed by atoms with E-state index in [1.807, 2.05) is 0 Å². The van der Waals surface area contributed by atoms with Gasteiger partial charge in [0.05, 0.1) is 4.92 Å². The number of aromatic hydroxyl groups is 2. The molecule has 3 N–H and O–H groups in total. The summed E-state index contributed by atoms with van der Waals surface area (Å²) in [7, 11) is 0. The third kappa shape index (κ3) is 3.18. The number of phenolic OH excluding ortho intramolecular Hbond substituents is 2. The number of carbonyl (C=O) groups excluding carboxylic acids is 1. The fraction of sp³-hybridized carbons (Fsp3) is 0. The molecular formula is C19H14N2O5. The number of nitro benzene ring substituents is 1. The van der Waals surface area contributed by atoms with E-state index >= 15 is 0 Å². The summed E-state index contributed by atoms with van der Waals surface area (Å²) in [4.78, 5) is 23.4. The number of nitrogens with one attached hydrogen (secondary N) is 1. The molecule has 0 aromatic heterocycles. The van der Waals surface area contributed by atoms with Gasteiger partial charge in [-0.25, -0.2) is 0 Å². The lowest BCUT2D eigenvalue weighted by atomic mass is 9.96.